The number of carbonyl (C=O) groups excluding carboxylic acids is 2. The van der Waals surface area contributed by atoms with Gasteiger partial charge in [0.15, 0.2) is 0 Å². The van der Waals surface area contributed by atoms with E-state index < -0.39 is 18.0 Å². The lowest BCUT2D eigenvalue weighted by molar-refractivity contribution is -0.158. The summed E-state index contributed by atoms with van der Waals surface area (Å²) in [5.41, 5.74) is 0.308. The molecule has 0 spiro atoms. The highest BCUT2D eigenvalue weighted by Gasteiger charge is 2.55. The van der Waals surface area contributed by atoms with E-state index in [1.165, 1.54) is 33.6 Å². The molecule has 0 bridgehead atoms. The van der Waals surface area contributed by atoms with Crippen molar-refractivity contribution in [2.45, 2.75) is 25.3 Å². The second-order valence-electron chi connectivity index (χ2n) is 3.94. The van der Waals surface area contributed by atoms with Gasteiger partial charge in [-0.25, -0.2) is 4.79 Å². The van der Waals surface area contributed by atoms with Crippen molar-refractivity contribution in [3.05, 3.63) is 10.6 Å². The van der Waals surface area contributed by atoms with E-state index in [1.54, 1.807) is 13.8 Å². The number of amides is 1. The number of allylic oxidation sites excluding steroid dienone is 1. The third-order valence-electron chi connectivity index (χ3n) is 2.83. The molecule has 2 rings (SSSR count). The van der Waals surface area contributed by atoms with Crippen molar-refractivity contribution >= 4 is 33.5 Å². The Kier molecular flexibility index (Phi) is 3.42. The largest absolute Gasteiger partial charge is 0.464 e. The van der Waals surface area contributed by atoms with Crippen molar-refractivity contribution in [3.8, 4) is 0 Å². The highest BCUT2D eigenvalue weighted by atomic mass is 33.1. The molecule has 0 aromatic heterocycles. The van der Waals surface area contributed by atoms with Crippen molar-refractivity contribution in [2.24, 2.45) is 5.92 Å². The van der Waals surface area contributed by atoms with Crippen LogP contribution in [-0.2, 0) is 14.3 Å². The van der Waals surface area contributed by atoms with Crippen LogP contribution in [0.5, 0.6) is 0 Å². The second-order valence-corrected chi connectivity index (χ2v) is 6.47. The van der Waals surface area contributed by atoms with Crippen molar-refractivity contribution in [1.29, 1.82) is 0 Å². The molecular formula is C10H13NO4S2. The van der Waals surface area contributed by atoms with E-state index in [1.807, 2.05) is 0 Å². The Morgan fingerprint density at radius 3 is 2.76 bits per heavy atom. The summed E-state index contributed by atoms with van der Waals surface area (Å²) in [7, 11) is 4.23. The number of carbonyl (C=O) groups is 2. The lowest BCUT2D eigenvalue weighted by atomic mass is 9.92. The summed E-state index contributed by atoms with van der Waals surface area (Å²) < 4.78 is 4.68. The third-order valence-corrected chi connectivity index (χ3v) is 5.70. The molecule has 1 saturated heterocycles. The number of aliphatic hydroxyl groups excluding tert-OH is 1. The molecule has 1 N–H and O–H groups in total. The average Bonchev–Trinajstić information content (AvgIpc) is 2.28. The molecular weight excluding hydrogens is 262 g/mol. The minimum Gasteiger partial charge on any atom is -0.464 e. The van der Waals surface area contributed by atoms with Gasteiger partial charge in [0.25, 0.3) is 0 Å². The summed E-state index contributed by atoms with van der Waals surface area (Å²) in [6.07, 6.45) is -0.700. The van der Waals surface area contributed by atoms with Crippen LogP contribution in [0.2, 0.25) is 0 Å². The minimum atomic E-state index is -0.700. The van der Waals surface area contributed by atoms with Crippen molar-refractivity contribution in [3.63, 3.8) is 0 Å². The highest BCUT2D eigenvalue weighted by Crippen LogP contribution is 2.52. The van der Waals surface area contributed by atoms with Crippen LogP contribution >= 0.6 is 21.6 Å². The molecule has 94 valence electrons. The highest BCUT2D eigenvalue weighted by molar-refractivity contribution is 8.78. The van der Waals surface area contributed by atoms with Crippen LogP contribution in [0.15, 0.2) is 10.6 Å². The van der Waals surface area contributed by atoms with E-state index in [0.29, 0.717) is 5.70 Å². The molecule has 0 aromatic rings. The van der Waals surface area contributed by atoms with E-state index in [-0.39, 0.29) is 11.3 Å². The number of hydrogen-bond donors (Lipinski definition) is 1. The third kappa shape index (κ3) is 1.86. The Bertz CT molecular complexity index is 407. The smallest absolute Gasteiger partial charge is 0.355 e. The zero-order valence-electron chi connectivity index (χ0n) is 9.67. The maximum atomic E-state index is 11.9. The molecule has 17 heavy (non-hydrogen) atoms. The van der Waals surface area contributed by atoms with Gasteiger partial charge >= 0.3 is 5.97 Å². The van der Waals surface area contributed by atoms with Crippen molar-refractivity contribution in [2.75, 3.05) is 7.11 Å². The van der Waals surface area contributed by atoms with E-state index in [2.05, 4.69) is 4.74 Å². The van der Waals surface area contributed by atoms with Crippen LogP contribution in [0.3, 0.4) is 0 Å². The molecule has 5 nitrogen and oxygen atoms in total. The fourth-order valence-corrected chi connectivity index (χ4v) is 4.79. The number of rotatable bonds is 2. The maximum Gasteiger partial charge on any atom is 0.355 e. The molecule has 2 aliphatic rings. The SMILES string of the molecule is COC(=O)C1=C(C)SS[C@@H]2[C@@H]([C@@H](C)O)C(=O)N12. The Hall–Kier alpha value is -0.660. The van der Waals surface area contributed by atoms with Crippen LogP contribution < -0.4 is 0 Å². The van der Waals surface area contributed by atoms with E-state index >= 15 is 0 Å². The Balaban J connectivity index is 2.30. The molecule has 0 radical (unpaired) electrons. The van der Waals surface area contributed by atoms with Gasteiger partial charge in [0.05, 0.1) is 19.1 Å². The van der Waals surface area contributed by atoms with Gasteiger partial charge in [-0.3, -0.25) is 9.69 Å². The van der Waals surface area contributed by atoms with E-state index in [9.17, 15) is 14.7 Å². The Morgan fingerprint density at radius 1 is 1.59 bits per heavy atom. The Morgan fingerprint density at radius 2 is 2.24 bits per heavy atom. The van der Waals surface area contributed by atoms with Gasteiger partial charge in [0, 0.05) is 4.91 Å². The van der Waals surface area contributed by atoms with Gasteiger partial charge < -0.3 is 9.84 Å². The number of methoxy groups -OCH3 is 1. The van der Waals surface area contributed by atoms with Gasteiger partial charge in [-0.1, -0.05) is 21.6 Å². The minimum absolute atomic E-state index is 0.176. The summed E-state index contributed by atoms with van der Waals surface area (Å²) in [6, 6.07) is 0. The molecule has 1 amide bonds. The number of β-lactam (4-membered cyclic amide) rings is 1. The second kappa shape index (κ2) is 4.55. The van der Waals surface area contributed by atoms with E-state index in [4.69, 9.17) is 0 Å². The fraction of sp³-hybridized carbons (Fsp3) is 0.600. The zero-order chi connectivity index (χ0) is 12.7. The quantitative estimate of drug-likeness (QED) is 0.460. The van der Waals surface area contributed by atoms with E-state index in [0.717, 1.165) is 4.91 Å². The first-order chi connectivity index (χ1) is 7.99. The summed E-state index contributed by atoms with van der Waals surface area (Å²) >= 11 is 0. The van der Waals surface area contributed by atoms with Crippen LogP contribution in [0.25, 0.3) is 0 Å². The number of esters is 1. The number of hydrogen-bond acceptors (Lipinski definition) is 6. The normalized spacial score (nSPS) is 29.6. The first kappa shape index (κ1) is 12.8. The van der Waals surface area contributed by atoms with Gasteiger partial charge in [0.1, 0.15) is 11.1 Å². The molecule has 0 saturated carbocycles. The molecule has 0 unspecified atom stereocenters. The van der Waals surface area contributed by atoms with Crippen LogP contribution in [0.4, 0.5) is 0 Å². The van der Waals surface area contributed by atoms with Crippen LogP contribution in [0, 0.1) is 5.92 Å². The van der Waals surface area contributed by atoms with Gasteiger partial charge in [-0.2, -0.15) is 0 Å². The number of fused-ring (bicyclic) bond motifs is 1. The average molecular weight is 275 g/mol. The summed E-state index contributed by atoms with van der Waals surface area (Å²) in [4.78, 5) is 25.7. The topological polar surface area (TPSA) is 66.8 Å². The van der Waals surface area contributed by atoms with Crippen molar-refractivity contribution in [1.82, 2.24) is 4.90 Å². The molecule has 0 aromatic carbocycles. The van der Waals surface area contributed by atoms with Gasteiger partial charge in [-0.05, 0) is 13.8 Å². The fourth-order valence-electron chi connectivity index (χ4n) is 1.94. The molecule has 2 heterocycles. The molecule has 7 heteroatoms. The Labute approximate surface area is 107 Å². The molecule has 1 fully saturated rings. The van der Waals surface area contributed by atoms with Crippen LogP contribution in [-0.4, -0.2) is 40.5 Å². The van der Waals surface area contributed by atoms with Crippen LogP contribution in [0.1, 0.15) is 13.8 Å². The van der Waals surface area contributed by atoms with Crippen molar-refractivity contribution < 1.29 is 19.4 Å². The number of nitrogens with zero attached hydrogens (tertiary/aromatic N) is 1. The first-order valence-electron chi connectivity index (χ1n) is 5.12. The standard InChI is InChI=1S/C10H13NO4S2/c1-4(12)6-8(13)11-7(10(14)15-3)5(2)16-17-9(6)11/h4,6,9,12H,1-3H3/t4-,6+,9-/m1/s1. The first-order valence-corrected chi connectivity index (χ1v) is 7.34. The predicted molar refractivity (Wildman–Crippen MR) is 65.7 cm³/mol. The molecule has 3 atom stereocenters. The number of aliphatic hydroxyl groups is 1. The summed E-state index contributed by atoms with van der Waals surface area (Å²) in [5.74, 6) is -1.14. The molecule has 0 aliphatic carbocycles. The predicted octanol–water partition coefficient (Wildman–Crippen LogP) is 0.951. The monoisotopic (exact) mass is 275 g/mol. The number of ether oxygens (including phenoxy) is 1. The maximum absolute atomic E-state index is 11.9. The van der Waals surface area contributed by atoms with Gasteiger partial charge in [-0.15, -0.1) is 0 Å². The summed E-state index contributed by atoms with van der Waals surface area (Å²) in [5, 5.41) is 9.35. The molecule has 2 aliphatic heterocycles. The lowest BCUT2D eigenvalue weighted by Crippen LogP contribution is -2.63. The summed E-state index contributed by atoms with van der Waals surface area (Å²) in [6.45, 7) is 3.37. The van der Waals surface area contributed by atoms with Gasteiger partial charge in [0.2, 0.25) is 5.91 Å². The zero-order valence-corrected chi connectivity index (χ0v) is 11.3. The lowest BCUT2D eigenvalue weighted by Gasteiger charge is -2.49.